The van der Waals surface area contributed by atoms with E-state index in [1.54, 1.807) is 60.4 Å². The number of hydrogen-bond acceptors (Lipinski definition) is 7. The van der Waals surface area contributed by atoms with E-state index in [1.807, 2.05) is 0 Å². The molecule has 10 nitrogen and oxygen atoms in total. The molecule has 0 spiro atoms. The summed E-state index contributed by atoms with van der Waals surface area (Å²) in [7, 11) is -3.72. The minimum absolute atomic E-state index is 0.0181. The summed E-state index contributed by atoms with van der Waals surface area (Å²) in [4.78, 5) is 14.8. The number of benzene rings is 1. The van der Waals surface area contributed by atoms with Crippen molar-refractivity contribution >= 4 is 15.7 Å². The fourth-order valence-electron chi connectivity index (χ4n) is 2.41. The monoisotopic (exact) mass is 397 g/mol. The van der Waals surface area contributed by atoms with Crippen molar-refractivity contribution in [1.82, 2.24) is 29.7 Å². The Morgan fingerprint density at radius 3 is 2.68 bits per heavy atom. The predicted octanol–water partition coefficient (Wildman–Crippen LogP) is 2.29. The van der Waals surface area contributed by atoms with Gasteiger partial charge in [-0.05, 0) is 37.3 Å². The van der Waals surface area contributed by atoms with E-state index in [1.165, 1.54) is 12.5 Å². The zero-order valence-corrected chi connectivity index (χ0v) is 15.5. The molecule has 0 saturated carbocycles. The zero-order chi connectivity index (χ0) is 19.6. The quantitative estimate of drug-likeness (QED) is 0.511. The Morgan fingerprint density at radius 1 is 1.18 bits per heavy atom. The first-order valence-electron chi connectivity index (χ1n) is 8.14. The topological polar surface area (TPSA) is 128 Å². The van der Waals surface area contributed by atoms with E-state index in [0.717, 1.165) is 0 Å². The first-order valence-corrected chi connectivity index (χ1v) is 9.63. The van der Waals surface area contributed by atoms with Crippen LogP contribution in [0.2, 0.25) is 0 Å². The second-order valence-corrected chi connectivity index (χ2v) is 7.36. The highest BCUT2D eigenvalue weighted by atomic mass is 32.2. The molecular weight excluding hydrogens is 382 g/mol. The fourth-order valence-corrected chi connectivity index (χ4v) is 3.38. The van der Waals surface area contributed by atoms with Crippen LogP contribution in [0.15, 0.2) is 66.3 Å². The largest absolute Gasteiger partial charge is 0.439 e. The molecule has 142 valence electrons. The SMILES string of the molecule is Cc1nc(Oc2ccc(NS(=O)(=O)c3cnc[nH]3)cc2)cc(-n2cccn2)n1. The van der Waals surface area contributed by atoms with E-state index in [0.29, 0.717) is 29.0 Å². The number of anilines is 1. The number of rotatable bonds is 6. The average molecular weight is 397 g/mol. The molecule has 0 radical (unpaired) electrons. The van der Waals surface area contributed by atoms with E-state index in [9.17, 15) is 8.42 Å². The first-order chi connectivity index (χ1) is 13.5. The molecule has 0 fully saturated rings. The van der Waals surface area contributed by atoms with Crippen LogP contribution in [-0.4, -0.2) is 38.1 Å². The third-order valence-electron chi connectivity index (χ3n) is 3.63. The number of nitrogens with one attached hydrogen (secondary N) is 2. The van der Waals surface area contributed by atoms with Crippen molar-refractivity contribution in [2.75, 3.05) is 4.72 Å². The minimum atomic E-state index is -3.72. The lowest BCUT2D eigenvalue weighted by Gasteiger charge is -2.09. The zero-order valence-electron chi connectivity index (χ0n) is 14.6. The molecule has 3 aromatic heterocycles. The summed E-state index contributed by atoms with van der Waals surface area (Å²) >= 11 is 0. The summed E-state index contributed by atoms with van der Waals surface area (Å²) in [6.45, 7) is 1.76. The summed E-state index contributed by atoms with van der Waals surface area (Å²) in [5.74, 6) is 1.96. The van der Waals surface area contributed by atoms with Crippen molar-refractivity contribution in [2.45, 2.75) is 11.9 Å². The highest BCUT2D eigenvalue weighted by molar-refractivity contribution is 7.92. The van der Waals surface area contributed by atoms with Gasteiger partial charge in [0, 0.05) is 24.1 Å². The number of aromatic nitrogens is 6. The highest BCUT2D eigenvalue weighted by Crippen LogP contribution is 2.24. The fraction of sp³-hybridized carbons (Fsp3) is 0.0588. The number of nitrogens with zero attached hydrogens (tertiary/aromatic N) is 5. The molecule has 0 aliphatic rings. The van der Waals surface area contributed by atoms with Crippen molar-refractivity contribution < 1.29 is 13.2 Å². The standard InChI is InChI=1S/C17H15N7O3S/c1-12-21-15(24-8-2-7-20-24)9-16(22-12)27-14-5-3-13(4-6-14)23-28(25,26)17-10-18-11-19-17/h2-11,23H,1H3,(H,18,19). The van der Waals surface area contributed by atoms with Crippen LogP contribution in [0, 0.1) is 6.92 Å². The maximum absolute atomic E-state index is 12.2. The number of aryl methyl sites for hydroxylation is 1. The molecule has 4 aromatic rings. The van der Waals surface area contributed by atoms with E-state index in [2.05, 4.69) is 29.8 Å². The van der Waals surface area contributed by atoms with Crippen LogP contribution in [0.5, 0.6) is 11.6 Å². The Morgan fingerprint density at radius 2 is 2.00 bits per heavy atom. The maximum atomic E-state index is 12.2. The van der Waals surface area contributed by atoms with Gasteiger partial charge in [0.2, 0.25) is 5.88 Å². The van der Waals surface area contributed by atoms with Crippen LogP contribution >= 0.6 is 0 Å². The van der Waals surface area contributed by atoms with Crippen LogP contribution in [0.3, 0.4) is 0 Å². The van der Waals surface area contributed by atoms with Crippen LogP contribution in [0.25, 0.3) is 5.82 Å². The van der Waals surface area contributed by atoms with Gasteiger partial charge in [-0.3, -0.25) is 4.72 Å². The summed E-state index contributed by atoms with van der Waals surface area (Å²) in [6.07, 6.45) is 5.95. The molecule has 0 atom stereocenters. The third-order valence-corrected chi connectivity index (χ3v) is 4.94. The molecule has 0 aliphatic carbocycles. The van der Waals surface area contributed by atoms with Crippen molar-refractivity contribution in [3.05, 3.63) is 67.1 Å². The first kappa shape index (κ1) is 17.7. The number of ether oxygens (including phenoxy) is 1. The Hall–Kier alpha value is -3.73. The maximum Gasteiger partial charge on any atom is 0.278 e. The summed E-state index contributed by atoms with van der Waals surface area (Å²) in [5, 5.41) is 4.12. The second-order valence-electron chi connectivity index (χ2n) is 5.71. The smallest absolute Gasteiger partial charge is 0.278 e. The van der Waals surface area contributed by atoms with Gasteiger partial charge in [-0.25, -0.2) is 14.6 Å². The van der Waals surface area contributed by atoms with Crippen LogP contribution in [0.1, 0.15) is 5.82 Å². The van der Waals surface area contributed by atoms with Crippen molar-refractivity contribution in [2.24, 2.45) is 0 Å². The summed E-state index contributed by atoms with van der Waals surface area (Å²) < 4.78 is 34.2. The van der Waals surface area contributed by atoms with Gasteiger partial charge < -0.3 is 9.72 Å². The predicted molar refractivity (Wildman–Crippen MR) is 99.8 cm³/mol. The molecule has 11 heteroatoms. The Labute approximate surface area is 160 Å². The lowest BCUT2D eigenvalue weighted by atomic mass is 10.3. The average Bonchev–Trinajstić information content (AvgIpc) is 3.37. The number of imidazole rings is 1. The van der Waals surface area contributed by atoms with Gasteiger partial charge in [0.25, 0.3) is 10.0 Å². The van der Waals surface area contributed by atoms with E-state index >= 15 is 0 Å². The Bertz CT molecular complexity index is 1170. The molecule has 4 rings (SSSR count). The number of hydrogen-bond donors (Lipinski definition) is 2. The van der Waals surface area contributed by atoms with Gasteiger partial charge in [-0.2, -0.15) is 18.5 Å². The molecule has 3 heterocycles. The van der Waals surface area contributed by atoms with Gasteiger partial charge in [-0.15, -0.1) is 0 Å². The summed E-state index contributed by atoms with van der Waals surface area (Å²) in [6, 6.07) is 9.90. The molecule has 1 aromatic carbocycles. The normalized spacial score (nSPS) is 11.3. The second kappa shape index (κ2) is 7.12. The van der Waals surface area contributed by atoms with E-state index in [-0.39, 0.29) is 5.03 Å². The summed E-state index contributed by atoms with van der Waals surface area (Å²) in [5.41, 5.74) is 0.387. The molecule has 0 unspecified atom stereocenters. The highest BCUT2D eigenvalue weighted by Gasteiger charge is 2.15. The van der Waals surface area contributed by atoms with Crippen molar-refractivity contribution in [3.8, 4) is 17.4 Å². The molecule has 0 saturated heterocycles. The van der Waals surface area contributed by atoms with E-state index in [4.69, 9.17) is 4.74 Å². The third kappa shape index (κ3) is 3.83. The van der Waals surface area contributed by atoms with E-state index < -0.39 is 10.0 Å². The lowest BCUT2D eigenvalue weighted by Crippen LogP contribution is -2.13. The molecule has 28 heavy (non-hydrogen) atoms. The van der Waals surface area contributed by atoms with Gasteiger partial charge in [0.05, 0.1) is 12.5 Å². The Balaban J connectivity index is 1.51. The van der Waals surface area contributed by atoms with Gasteiger partial charge in [0.15, 0.2) is 10.8 Å². The molecule has 0 amide bonds. The molecule has 0 aliphatic heterocycles. The molecular formula is C17H15N7O3S. The number of sulfonamides is 1. The molecule has 2 N–H and O–H groups in total. The number of H-pyrrole nitrogens is 1. The molecule has 0 bridgehead atoms. The number of aromatic amines is 1. The Kier molecular flexibility index (Phi) is 4.49. The lowest BCUT2D eigenvalue weighted by molar-refractivity contribution is 0.459. The van der Waals surface area contributed by atoms with Gasteiger partial charge >= 0.3 is 0 Å². The van der Waals surface area contributed by atoms with Gasteiger partial charge in [-0.1, -0.05) is 0 Å². The van der Waals surface area contributed by atoms with Gasteiger partial charge in [0.1, 0.15) is 11.6 Å². The van der Waals surface area contributed by atoms with Crippen molar-refractivity contribution in [1.29, 1.82) is 0 Å². The van der Waals surface area contributed by atoms with Crippen LogP contribution < -0.4 is 9.46 Å². The van der Waals surface area contributed by atoms with Crippen molar-refractivity contribution in [3.63, 3.8) is 0 Å². The van der Waals surface area contributed by atoms with Crippen LogP contribution in [0.4, 0.5) is 5.69 Å². The van der Waals surface area contributed by atoms with Crippen LogP contribution in [-0.2, 0) is 10.0 Å². The minimum Gasteiger partial charge on any atom is -0.439 e.